The Labute approximate surface area is 277 Å². The Morgan fingerprint density at radius 3 is 2.24 bits per heavy atom. The van der Waals surface area contributed by atoms with Crippen molar-refractivity contribution in [2.24, 2.45) is 0 Å². The number of aryl methyl sites for hydroxylation is 4. The summed E-state index contributed by atoms with van der Waals surface area (Å²) in [5.74, 6) is 2.89. The van der Waals surface area contributed by atoms with E-state index in [1.54, 1.807) is 7.11 Å². The van der Waals surface area contributed by atoms with Crippen LogP contribution in [0.4, 0.5) is 0 Å². The van der Waals surface area contributed by atoms with Crippen LogP contribution in [0.2, 0.25) is 0 Å². The summed E-state index contributed by atoms with van der Waals surface area (Å²) in [5, 5.41) is 7.16. The standard InChI is InChI=1S/C38H32N4O2.Pt/c1-23-16-17-39-36(18-23)41-34-13-8-7-12-32(34)33-15-14-30(22-35(33)41)44-29-11-9-10-28(21-29)42-27(5)38(26(4)40-42)37-24(2)19-31(43-6)20-25(37)3;/h7-20H,1-6H3;/q-2;+2. The van der Waals surface area contributed by atoms with Gasteiger partial charge in [0.2, 0.25) is 0 Å². The normalized spacial score (nSPS) is 11.2. The average molecular weight is 772 g/mol. The third-order valence-electron chi connectivity index (χ3n) is 8.17. The summed E-state index contributed by atoms with van der Waals surface area (Å²) >= 11 is 0. The number of pyridine rings is 1. The van der Waals surface area contributed by atoms with E-state index >= 15 is 0 Å². The van der Waals surface area contributed by atoms with Gasteiger partial charge in [0.1, 0.15) is 11.6 Å². The van der Waals surface area contributed by atoms with Crippen LogP contribution in [0.15, 0.2) is 85.1 Å². The van der Waals surface area contributed by atoms with Crippen molar-refractivity contribution < 1.29 is 30.5 Å². The first kappa shape index (κ1) is 30.4. The van der Waals surface area contributed by atoms with E-state index in [1.807, 2.05) is 47.3 Å². The molecule has 0 spiro atoms. The molecule has 0 unspecified atom stereocenters. The number of aromatic nitrogens is 4. The summed E-state index contributed by atoms with van der Waals surface area (Å²) in [5.41, 5.74) is 10.5. The molecule has 0 aliphatic heterocycles. The fourth-order valence-corrected chi connectivity index (χ4v) is 6.23. The maximum atomic E-state index is 6.38. The summed E-state index contributed by atoms with van der Waals surface area (Å²) in [4.78, 5) is 4.68. The molecular weight excluding hydrogens is 740 g/mol. The van der Waals surface area contributed by atoms with Crippen LogP contribution in [0.25, 0.3) is 44.4 Å². The van der Waals surface area contributed by atoms with Gasteiger partial charge in [-0.05, 0) is 98.3 Å². The van der Waals surface area contributed by atoms with Crippen molar-refractivity contribution in [3.63, 3.8) is 0 Å². The zero-order valence-electron chi connectivity index (χ0n) is 26.0. The molecule has 0 atom stereocenters. The van der Waals surface area contributed by atoms with Crippen molar-refractivity contribution >= 4 is 21.8 Å². The quantitative estimate of drug-likeness (QED) is 0.159. The molecular formula is C38H32N4O2Pt. The first-order chi connectivity index (χ1) is 21.3. The van der Waals surface area contributed by atoms with Gasteiger partial charge in [-0.25, -0.2) is 4.98 Å². The Hall–Kier alpha value is -4.67. The third kappa shape index (κ3) is 5.34. The van der Waals surface area contributed by atoms with E-state index < -0.39 is 0 Å². The molecule has 0 amide bonds. The van der Waals surface area contributed by atoms with Crippen LogP contribution in [-0.4, -0.2) is 26.4 Å². The fourth-order valence-electron chi connectivity index (χ4n) is 6.23. The largest absolute Gasteiger partial charge is 2.00 e. The molecule has 45 heavy (non-hydrogen) atoms. The van der Waals surface area contributed by atoms with E-state index in [-0.39, 0.29) is 21.1 Å². The summed E-state index contributed by atoms with van der Waals surface area (Å²) in [7, 11) is 1.70. The van der Waals surface area contributed by atoms with Crippen molar-refractivity contribution in [3.8, 4) is 39.9 Å². The smallest absolute Gasteiger partial charge is 0.509 e. The molecule has 7 rings (SSSR count). The Morgan fingerprint density at radius 1 is 0.733 bits per heavy atom. The second kappa shape index (κ2) is 12.0. The van der Waals surface area contributed by atoms with Crippen LogP contribution in [-0.2, 0) is 21.1 Å². The van der Waals surface area contributed by atoms with E-state index in [9.17, 15) is 0 Å². The van der Waals surface area contributed by atoms with E-state index in [2.05, 4.69) is 98.8 Å². The zero-order valence-corrected chi connectivity index (χ0v) is 28.3. The van der Waals surface area contributed by atoms with E-state index in [4.69, 9.17) is 14.6 Å². The maximum Gasteiger partial charge on any atom is 2.00 e. The molecule has 7 heteroatoms. The molecule has 0 fully saturated rings. The Morgan fingerprint density at radius 2 is 1.49 bits per heavy atom. The van der Waals surface area contributed by atoms with Crippen LogP contribution in [0.3, 0.4) is 0 Å². The van der Waals surface area contributed by atoms with Gasteiger partial charge in [-0.3, -0.25) is 4.68 Å². The maximum absolute atomic E-state index is 6.38. The van der Waals surface area contributed by atoms with E-state index in [0.29, 0.717) is 11.5 Å². The van der Waals surface area contributed by atoms with Gasteiger partial charge < -0.3 is 14.0 Å². The fraction of sp³-hybridized carbons (Fsp3) is 0.158. The number of ether oxygens (including phenoxy) is 2. The first-order valence-electron chi connectivity index (χ1n) is 14.6. The predicted octanol–water partition coefficient (Wildman–Crippen LogP) is 8.97. The molecule has 6 nitrogen and oxygen atoms in total. The van der Waals surface area contributed by atoms with E-state index in [1.165, 1.54) is 5.56 Å². The van der Waals surface area contributed by atoms with Crippen molar-refractivity contribution in [1.29, 1.82) is 0 Å². The van der Waals surface area contributed by atoms with Crippen LogP contribution in [0, 0.1) is 46.8 Å². The Bertz CT molecular complexity index is 2190. The van der Waals surface area contributed by atoms with Crippen LogP contribution >= 0.6 is 0 Å². The van der Waals surface area contributed by atoms with Gasteiger partial charge in [-0.2, -0.15) is 17.2 Å². The van der Waals surface area contributed by atoms with Crippen molar-refractivity contribution in [2.45, 2.75) is 34.6 Å². The number of nitrogens with zero attached hydrogens (tertiary/aromatic N) is 4. The van der Waals surface area contributed by atoms with Gasteiger partial charge in [0.15, 0.2) is 0 Å². The first-order valence-corrected chi connectivity index (χ1v) is 14.6. The van der Waals surface area contributed by atoms with Crippen LogP contribution < -0.4 is 9.47 Å². The summed E-state index contributed by atoms with van der Waals surface area (Å²) in [6.45, 7) is 10.5. The minimum Gasteiger partial charge on any atom is -0.509 e. The summed E-state index contributed by atoms with van der Waals surface area (Å²) in [6.07, 6.45) is 1.84. The molecule has 7 aromatic rings. The van der Waals surface area contributed by atoms with Gasteiger partial charge in [0.05, 0.1) is 12.8 Å². The third-order valence-corrected chi connectivity index (χ3v) is 8.17. The molecule has 226 valence electrons. The van der Waals surface area contributed by atoms with Gasteiger partial charge in [-0.15, -0.1) is 35.7 Å². The molecule has 0 saturated carbocycles. The molecule has 0 saturated heterocycles. The predicted molar refractivity (Wildman–Crippen MR) is 176 cm³/mol. The molecule has 0 aliphatic carbocycles. The van der Waals surface area contributed by atoms with Crippen LogP contribution in [0.5, 0.6) is 17.2 Å². The molecule has 0 bridgehead atoms. The SMILES string of the molecule is COc1cc(C)c(-c2c(C)nn(-c3[c-]c(Oc4[c-]c5c(cc4)c4ccccc4n5-c4cc(C)ccn4)ccc3)c2C)c(C)c1.[Pt+2]. The summed E-state index contributed by atoms with van der Waals surface area (Å²) < 4.78 is 16.0. The van der Waals surface area contributed by atoms with Gasteiger partial charge >= 0.3 is 21.1 Å². The van der Waals surface area contributed by atoms with Gasteiger partial charge in [-0.1, -0.05) is 23.7 Å². The molecule has 0 radical (unpaired) electrons. The topological polar surface area (TPSA) is 54.1 Å². The number of hydrogen-bond donors (Lipinski definition) is 0. The van der Waals surface area contributed by atoms with Crippen molar-refractivity contribution in [3.05, 3.63) is 125 Å². The molecule has 3 aromatic heterocycles. The van der Waals surface area contributed by atoms with Crippen molar-refractivity contribution in [1.82, 2.24) is 19.3 Å². The van der Waals surface area contributed by atoms with Crippen LogP contribution in [0.1, 0.15) is 28.1 Å². The minimum absolute atomic E-state index is 0. The number of hydrogen-bond acceptors (Lipinski definition) is 4. The number of fused-ring (bicyclic) bond motifs is 3. The molecule has 0 N–H and O–H groups in total. The van der Waals surface area contributed by atoms with E-state index in [0.717, 1.165) is 72.7 Å². The monoisotopic (exact) mass is 771 g/mol. The number of para-hydroxylation sites is 1. The Balaban J connectivity index is 0.00000357. The summed E-state index contributed by atoms with van der Waals surface area (Å²) in [6, 6.07) is 33.5. The minimum atomic E-state index is 0. The average Bonchev–Trinajstić information content (AvgIpc) is 3.50. The molecule has 3 heterocycles. The number of rotatable bonds is 6. The number of benzene rings is 4. The number of methoxy groups -OCH3 is 1. The molecule has 4 aromatic carbocycles. The second-order valence-corrected chi connectivity index (χ2v) is 11.2. The Kier molecular flexibility index (Phi) is 8.11. The molecule has 0 aliphatic rings. The van der Waals surface area contributed by atoms with Gasteiger partial charge in [0.25, 0.3) is 0 Å². The zero-order chi connectivity index (χ0) is 30.5. The van der Waals surface area contributed by atoms with Gasteiger partial charge in [0, 0.05) is 34.5 Å². The second-order valence-electron chi connectivity index (χ2n) is 11.2. The van der Waals surface area contributed by atoms with Crippen molar-refractivity contribution in [2.75, 3.05) is 7.11 Å².